The Kier molecular flexibility index (Phi) is 5.52. The van der Waals surface area contributed by atoms with Crippen LogP contribution in [0.3, 0.4) is 0 Å². The number of alkyl halides is 3. The SMILES string of the molecule is O=S(=O)(NCCc1ccc(F)cc1)c1ccc(Cl)cc1C(F)(F)F. The standard InChI is InChI=1S/C15H12ClF4NO2S/c16-11-3-6-14(13(9-11)15(18,19)20)24(22,23)21-8-7-10-1-4-12(17)5-2-10/h1-6,9,21H,7-8H2. The zero-order valence-electron chi connectivity index (χ0n) is 12.1. The van der Waals surface area contributed by atoms with E-state index in [0.29, 0.717) is 11.6 Å². The van der Waals surface area contributed by atoms with Gasteiger partial charge < -0.3 is 0 Å². The van der Waals surface area contributed by atoms with Gasteiger partial charge in [-0.2, -0.15) is 13.2 Å². The highest BCUT2D eigenvalue weighted by Crippen LogP contribution is 2.35. The molecule has 0 aromatic heterocycles. The molecular weight excluding hydrogens is 370 g/mol. The predicted molar refractivity (Wildman–Crippen MR) is 81.7 cm³/mol. The van der Waals surface area contributed by atoms with Crippen LogP contribution in [0.2, 0.25) is 5.02 Å². The molecule has 0 spiro atoms. The van der Waals surface area contributed by atoms with Crippen molar-refractivity contribution in [2.24, 2.45) is 0 Å². The van der Waals surface area contributed by atoms with Crippen LogP contribution >= 0.6 is 11.6 Å². The second-order valence-electron chi connectivity index (χ2n) is 4.91. The molecule has 2 rings (SSSR count). The highest BCUT2D eigenvalue weighted by molar-refractivity contribution is 7.89. The second-order valence-corrected chi connectivity index (χ2v) is 7.08. The summed E-state index contributed by atoms with van der Waals surface area (Å²) < 4.78 is 78.2. The summed E-state index contributed by atoms with van der Waals surface area (Å²) in [5.41, 5.74) is -0.685. The highest BCUT2D eigenvalue weighted by atomic mass is 35.5. The summed E-state index contributed by atoms with van der Waals surface area (Å²) in [6, 6.07) is 7.81. The molecule has 0 saturated heterocycles. The first-order chi connectivity index (χ1) is 11.1. The number of halogens is 5. The fourth-order valence-electron chi connectivity index (χ4n) is 2.02. The van der Waals surface area contributed by atoms with Crippen molar-refractivity contribution in [2.45, 2.75) is 17.5 Å². The van der Waals surface area contributed by atoms with Gasteiger partial charge in [-0.25, -0.2) is 17.5 Å². The van der Waals surface area contributed by atoms with Crippen LogP contribution in [-0.4, -0.2) is 15.0 Å². The Labute approximate surface area is 141 Å². The largest absolute Gasteiger partial charge is 0.417 e. The molecule has 0 radical (unpaired) electrons. The van der Waals surface area contributed by atoms with E-state index < -0.39 is 32.5 Å². The lowest BCUT2D eigenvalue weighted by Gasteiger charge is -2.14. The van der Waals surface area contributed by atoms with Crippen molar-refractivity contribution < 1.29 is 26.0 Å². The third kappa shape index (κ3) is 4.68. The van der Waals surface area contributed by atoms with Gasteiger partial charge in [-0.05, 0) is 42.3 Å². The number of rotatable bonds is 5. The van der Waals surface area contributed by atoms with E-state index in [9.17, 15) is 26.0 Å². The molecule has 0 saturated carbocycles. The fourth-order valence-corrected chi connectivity index (χ4v) is 3.43. The van der Waals surface area contributed by atoms with E-state index in [4.69, 9.17) is 11.6 Å². The molecule has 130 valence electrons. The van der Waals surface area contributed by atoms with E-state index in [0.717, 1.165) is 12.1 Å². The molecule has 0 bridgehead atoms. The summed E-state index contributed by atoms with van der Waals surface area (Å²) in [6.45, 7) is -0.131. The third-order valence-electron chi connectivity index (χ3n) is 3.16. The first kappa shape index (κ1) is 18.7. The van der Waals surface area contributed by atoms with Gasteiger partial charge in [-0.15, -0.1) is 0 Å². The van der Waals surface area contributed by atoms with Crippen LogP contribution in [0, 0.1) is 5.82 Å². The van der Waals surface area contributed by atoms with Gasteiger partial charge in [0.1, 0.15) is 5.82 Å². The van der Waals surface area contributed by atoms with Gasteiger partial charge in [-0.1, -0.05) is 23.7 Å². The summed E-state index contributed by atoms with van der Waals surface area (Å²) >= 11 is 5.52. The zero-order chi connectivity index (χ0) is 18.0. The van der Waals surface area contributed by atoms with Crippen molar-refractivity contribution in [1.82, 2.24) is 4.72 Å². The molecule has 2 aromatic rings. The Bertz CT molecular complexity index is 820. The number of benzene rings is 2. The molecule has 0 aliphatic rings. The molecule has 0 aliphatic heterocycles. The van der Waals surface area contributed by atoms with Crippen molar-refractivity contribution in [3.05, 3.63) is 64.4 Å². The van der Waals surface area contributed by atoms with E-state index >= 15 is 0 Å². The molecule has 1 N–H and O–H groups in total. The molecule has 9 heteroatoms. The predicted octanol–water partition coefficient (Wildman–Crippen LogP) is 4.02. The van der Waals surface area contributed by atoms with Crippen LogP contribution in [-0.2, 0) is 22.6 Å². The summed E-state index contributed by atoms with van der Waals surface area (Å²) in [4.78, 5) is -0.890. The highest BCUT2D eigenvalue weighted by Gasteiger charge is 2.37. The van der Waals surface area contributed by atoms with Gasteiger partial charge in [0.25, 0.3) is 0 Å². The monoisotopic (exact) mass is 381 g/mol. The Morgan fingerprint density at radius 2 is 1.67 bits per heavy atom. The average molecular weight is 382 g/mol. The number of sulfonamides is 1. The minimum Gasteiger partial charge on any atom is -0.211 e. The zero-order valence-corrected chi connectivity index (χ0v) is 13.6. The van der Waals surface area contributed by atoms with Crippen LogP contribution in [0.4, 0.5) is 17.6 Å². The van der Waals surface area contributed by atoms with Gasteiger partial charge in [0.2, 0.25) is 10.0 Å². The number of hydrogen-bond acceptors (Lipinski definition) is 2. The molecule has 0 heterocycles. The molecule has 0 aliphatic carbocycles. The van der Waals surface area contributed by atoms with Crippen LogP contribution in [0.25, 0.3) is 0 Å². The summed E-state index contributed by atoms with van der Waals surface area (Å²) in [6.07, 6.45) is -4.65. The average Bonchev–Trinajstić information content (AvgIpc) is 2.48. The lowest BCUT2D eigenvalue weighted by atomic mass is 10.1. The normalized spacial score (nSPS) is 12.4. The quantitative estimate of drug-likeness (QED) is 0.795. The van der Waals surface area contributed by atoms with Gasteiger partial charge in [-0.3, -0.25) is 0 Å². The van der Waals surface area contributed by atoms with Crippen molar-refractivity contribution in [2.75, 3.05) is 6.54 Å². The van der Waals surface area contributed by atoms with Crippen LogP contribution in [0.5, 0.6) is 0 Å². The van der Waals surface area contributed by atoms with Gasteiger partial charge in [0.15, 0.2) is 0 Å². The minimum atomic E-state index is -4.86. The van der Waals surface area contributed by atoms with Crippen molar-refractivity contribution >= 4 is 21.6 Å². The number of nitrogens with one attached hydrogen (secondary N) is 1. The first-order valence-corrected chi connectivity index (χ1v) is 8.56. The summed E-state index contributed by atoms with van der Waals surface area (Å²) in [5.74, 6) is -0.435. The molecule has 3 nitrogen and oxygen atoms in total. The third-order valence-corrected chi connectivity index (χ3v) is 4.91. The topological polar surface area (TPSA) is 46.2 Å². The summed E-state index contributed by atoms with van der Waals surface area (Å²) in [7, 11) is -4.37. The molecule has 24 heavy (non-hydrogen) atoms. The maximum Gasteiger partial charge on any atom is 0.417 e. The van der Waals surface area contributed by atoms with Crippen molar-refractivity contribution in [3.63, 3.8) is 0 Å². The Morgan fingerprint density at radius 1 is 1.04 bits per heavy atom. The Morgan fingerprint density at radius 3 is 2.25 bits per heavy atom. The van der Waals surface area contributed by atoms with Crippen molar-refractivity contribution in [1.29, 1.82) is 0 Å². The smallest absolute Gasteiger partial charge is 0.211 e. The van der Waals surface area contributed by atoms with E-state index in [2.05, 4.69) is 4.72 Å². The molecule has 2 aromatic carbocycles. The maximum absolute atomic E-state index is 13.0. The van der Waals surface area contributed by atoms with Gasteiger partial charge in [0, 0.05) is 11.6 Å². The lowest BCUT2D eigenvalue weighted by Crippen LogP contribution is -2.28. The van der Waals surface area contributed by atoms with Crippen LogP contribution in [0.1, 0.15) is 11.1 Å². The van der Waals surface area contributed by atoms with Gasteiger partial charge >= 0.3 is 6.18 Å². The van der Waals surface area contributed by atoms with Crippen molar-refractivity contribution in [3.8, 4) is 0 Å². The molecular formula is C15H12ClF4NO2S. The first-order valence-electron chi connectivity index (χ1n) is 6.70. The number of hydrogen-bond donors (Lipinski definition) is 1. The van der Waals surface area contributed by atoms with E-state index in [1.807, 2.05) is 0 Å². The molecule has 0 atom stereocenters. The Balaban J connectivity index is 2.17. The van der Waals surface area contributed by atoms with Crippen LogP contribution in [0.15, 0.2) is 47.4 Å². The van der Waals surface area contributed by atoms with E-state index in [-0.39, 0.29) is 18.0 Å². The fraction of sp³-hybridized carbons (Fsp3) is 0.200. The van der Waals surface area contributed by atoms with Gasteiger partial charge in [0.05, 0.1) is 10.5 Å². The van der Waals surface area contributed by atoms with E-state index in [1.165, 1.54) is 24.3 Å². The molecule has 0 unspecified atom stereocenters. The second kappa shape index (κ2) is 7.08. The maximum atomic E-state index is 13.0. The minimum absolute atomic E-state index is 0.131. The molecule has 0 fully saturated rings. The van der Waals surface area contributed by atoms with E-state index in [1.54, 1.807) is 0 Å². The van der Waals surface area contributed by atoms with Crippen LogP contribution < -0.4 is 4.72 Å². The lowest BCUT2D eigenvalue weighted by molar-refractivity contribution is -0.139. The Hall–Kier alpha value is -1.64. The molecule has 0 amide bonds. The summed E-state index contributed by atoms with van der Waals surface area (Å²) in [5, 5.41) is -0.215.